The van der Waals surface area contributed by atoms with E-state index < -0.39 is 0 Å². The van der Waals surface area contributed by atoms with Crippen molar-refractivity contribution in [2.24, 2.45) is 0 Å². The smallest absolute Gasteiger partial charge is 0.0159 e. The zero-order valence-corrected chi connectivity index (χ0v) is 30.4. The molecule has 0 atom stereocenters. The second-order valence-corrected chi connectivity index (χ2v) is 17.3. The zero-order chi connectivity index (χ0) is 34.3. The second kappa shape index (κ2) is 9.85. The maximum absolute atomic E-state index is 2.49. The van der Waals surface area contributed by atoms with Crippen molar-refractivity contribution in [1.29, 1.82) is 0 Å². The van der Waals surface area contributed by atoms with Crippen molar-refractivity contribution in [3.05, 3.63) is 149 Å². The average molecular weight is 645 g/mol. The highest BCUT2D eigenvalue weighted by Gasteiger charge is 2.38. The molecule has 0 saturated heterocycles. The van der Waals surface area contributed by atoms with Crippen molar-refractivity contribution in [1.82, 2.24) is 0 Å². The number of hydrogen-bond donors (Lipinski definition) is 0. The Morgan fingerprint density at radius 2 is 1.04 bits per heavy atom. The summed E-state index contributed by atoms with van der Waals surface area (Å²) >= 11 is 0. The summed E-state index contributed by atoms with van der Waals surface area (Å²) in [7, 11) is 0. The Morgan fingerprint density at radius 3 is 1.72 bits per heavy atom. The maximum atomic E-state index is 2.49. The molecule has 3 aliphatic carbocycles. The number of benzene rings is 7. The van der Waals surface area contributed by atoms with Gasteiger partial charge < -0.3 is 0 Å². The Balaban J connectivity index is 1.06. The minimum absolute atomic E-state index is 0.0424. The van der Waals surface area contributed by atoms with E-state index in [-0.39, 0.29) is 16.2 Å². The van der Waals surface area contributed by atoms with Crippen LogP contribution in [-0.2, 0) is 16.2 Å². The summed E-state index contributed by atoms with van der Waals surface area (Å²) in [6.07, 6.45) is 7.04. The van der Waals surface area contributed by atoms with Gasteiger partial charge in [0, 0.05) is 10.8 Å². The molecule has 7 aromatic rings. The van der Waals surface area contributed by atoms with Gasteiger partial charge in [-0.2, -0.15) is 0 Å². The van der Waals surface area contributed by atoms with Crippen LogP contribution in [0.3, 0.4) is 0 Å². The molecule has 0 fully saturated rings. The molecule has 0 nitrogen and oxygen atoms in total. The first kappa shape index (κ1) is 29.9. The Morgan fingerprint density at radius 1 is 0.500 bits per heavy atom. The van der Waals surface area contributed by atoms with Crippen LogP contribution in [0.25, 0.3) is 71.3 Å². The van der Waals surface area contributed by atoms with E-state index in [2.05, 4.69) is 164 Å². The van der Waals surface area contributed by atoms with Crippen LogP contribution in [0.1, 0.15) is 89.1 Å². The van der Waals surface area contributed by atoms with Crippen LogP contribution in [0.15, 0.2) is 121 Å². The third-order valence-corrected chi connectivity index (χ3v) is 12.6. The molecule has 3 aliphatic rings. The molecule has 0 radical (unpaired) electrons. The summed E-state index contributed by atoms with van der Waals surface area (Å²) in [6.45, 7) is 16.6. The number of fused-ring (bicyclic) bond motifs is 5. The van der Waals surface area contributed by atoms with Crippen molar-refractivity contribution in [2.75, 3.05) is 0 Å². The quantitative estimate of drug-likeness (QED) is 0.164. The molecule has 0 spiro atoms. The van der Waals surface area contributed by atoms with Gasteiger partial charge in [0.15, 0.2) is 0 Å². The van der Waals surface area contributed by atoms with Crippen LogP contribution >= 0.6 is 0 Å². The highest BCUT2D eigenvalue weighted by molar-refractivity contribution is 6.25. The monoisotopic (exact) mass is 644 g/mol. The highest BCUT2D eigenvalue weighted by atomic mass is 14.4. The predicted molar refractivity (Wildman–Crippen MR) is 216 cm³/mol. The lowest BCUT2D eigenvalue weighted by Gasteiger charge is -2.25. The third-order valence-electron chi connectivity index (χ3n) is 12.6. The van der Waals surface area contributed by atoms with E-state index in [1.807, 2.05) is 0 Å². The summed E-state index contributed by atoms with van der Waals surface area (Å²) in [5.41, 5.74) is 18.3. The maximum Gasteiger partial charge on any atom is 0.0159 e. The SMILES string of the molecule is CC(C)(C)c1cc2ccc3ccc(-c4ccc5c(c4)C(C)(C)c4cc(-c6ccc7c(c6)C(C)(C)C6=C7CCC=C6)ccc4-5)c4ccc(c1)c2c34. The summed E-state index contributed by atoms with van der Waals surface area (Å²) in [6, 6.07) is 40.5. The topological polar surface area (TPSA) is 0 Å². The molecular weight excluding hydrogens is 601 g/mol. The Labute approximate surface area is 296 Å². The fourth-order valence-corrected chi connectivity index (χ4v) is 9.77. The van der Waals surface area contributed by atoms with E-state index in [9.17, 15) is 0 Å². The molecule has 0 amide bonds. The first-order chi connectivity index (χ1) is 23.9. The van der Waals surface area contributed by atoms with Gasteiger partial charge in [0.25, 0.3) is 0 Å². The summed E-state index contributed by atoms with van der Waals surface area (Å²) < 4.78 is 0. The fourth-order valence-electron chi connectivity index (χ4n) is 9.77. The fraction of sp³-hybridized carbons (Fsp3) is 0.240. The summed E-state index contributed by atoms with van der Waals surface area (Å²) in [5, 5.41) is 8.10. The molecule has 0 N–H and O–H groups in total. The van der Waals surface area contributed by atoms with E-state index in [0.29, 0.717) is 0 Å². The molecule has 0 heterocycles. The van der Waals surface area contributed by atoms with E-state index in [1.54, 1.807) is 5.57 Å². The van der Waals surface area contributed by atoms with Crippen molar-refractivity contribution < 1.29 is 0 Å². The van der Waals surface area contributed by atoms with Crippen LogP contribution in [-0.4, -0.2) is 0 Å². The van der Waals surface area contributed by atoms with Crippen LogP contribution in [0.2, 0.25) is 0 Å². The first-order valence-electron chi connectivity index (χ1n) is 18.5. The number of rotatable bonds is 2. The van der Waals surface area contributed by atoms with Crippen LogP contribution in [0.4, 0.5) is 0 Å². The average Bonchev–Trinajstić information content (AvgIpc) is 3.48. The molecule has 0 bridgehead atoms. The van der Waals surface area contributed by atoms with Crippen molar-refractivity contribution >= 4 is 37.9 Å². The van der Waals surface area contributed by atoms with Gasteiger partial charge in [0.1, 0.15) is 0 Å². The summed E-state index contributed by atoms with van der Waals surface area (Å²) in [5.74, 6) is 0. The molecule has 7 aromatic carbocycles. The molecular formula is C50H44. The Bertz CT molecular complexity index is 2640. The lowest BCUT2D eigenvalue weighted by atomic mass is 9.79. The molecule has 10 rings (SSSR count). The van der Waals surface area contributed by atoms with Crippen LogP contribution < -0.4 is 0 Å². The lowest BCUT2D eigenvalue weighted by molar-refractivity contribution is 0.591. The summed E-state index contributed by atoms with van der Waals surface area (Å²) in [4.78, 5) is 0. The number of allylic oxidation sites excluding steroid dienone is 4. The van der Waals surface area contributed by atoms with Gasteiger partial charge in [0.2, 0.25) is 0 Å². The standard InChI is InChI=1S/C50H44/c1-48(2,3)35-24-33-13-12-29-14-19-36(41-23-18-34(25-35)46(33)47(29)41)32-17-22-40-39-21-16-31(27-44(39)50(6,7)45(40)28-32)30-15-20-38-37-10-8-9-11-42(37)49(4,5)43(38)26-30/h9,11-28H,8,10H2,1-7H3. The predicted octanol–water partition coefficient (Wildman–Crippen LogP) is 13.9. The Hall–Kier alpha value is -4.94. The minimum Gasteiger partial charge on any atom is -0.0839 e. The highest BCUT2D eigenvalue weighted by Crippen LogP contribution is 2.53. The minimum atomic E-state index is -0.106. The molecule has 0 saturated carbocycles. The van der Waals surface area contributed by atoms with Gasteiger partial charge in [-0.3, -0.25) is 0 Å². The molecule has 0 aliphatic heterocycles. The molecule has 0 heteroatoms. The molecule has 244 valence electrons. The van der Waals surface area contributed by atoms with Crippen molar-refractivity contribution in [2.45, 2.75) is 77.6 Å². The van der Waals surface area contributed by atoms with E-state index in [1.165, 1.54) is 99.1 Å². The largest absolute Gasteiger partial charge is 0.0839 e. The Kier molecular flexibility index (Phi) is 5.90. The second-order valence-electron chi connectivity index (χ2n) is 17.3. The van der Waals surface area contributed by atoms with Gasteiger partial charge in [0.05, 0.1) is 0 Å². The van der Waals surface area contributed by atoms with Gasteiger partial charge in [-0.1, -0.05) is 146 Å². The van der Waals surface area contributed by atoms with Gasteiger partial charge >= 0.3 is 0 Å². The molecule has 0 aromatic heterocycles. The van der Waals surface area contributed by atoms with E-state index in [4.69, 9.17) is 0 Å². The lowest BCUT2D eigenvalue weighted by Crippen LogP contribution is -2.16. The van der Waals surface area contributed by atoms with Gasteiger partial charge in [-0.05, 0) is 141 Å². The van der Waals surface area contributed by atoms with E-state index >= 15 is 0 Å². The normalized spacial score (nSPS) is 17.1. The number of hydrogen-bond acceptors (Lipinski definition) is 0. The zero-order valence-electron chi connectivity index (χ0n) is 30.4. The molecule has 0 unspecified atom stereocenters. The van der Waals surface area contributed by atoms with Crippen LogP contribution in [0, 0.1) is 0 Å². The first-order valence-corrected chi connectivity index (χ1v) is 18.5. The van der Waals surface area contributed by atoms with Gasteiger partial charge in [-0.15, -0.1) is 0 Å². The molecule has 50 heavy (non-hydrogen) atoms. The van der Waals surface area contributed by atoms with Gasteiger partial charge in [-0.25, -0.2) is 0 Å². The third kappa shape index (κ3) is 4.00. The van der Waals surface area contributed by atoms with E-state index in [0.717, 1.165) is 12.8 Å². The van der Waals surface area contributed by atoms with Crippen LogP contribution in [0.5, 0.6) is 0 Å². The van der Waals surface area contributed by atoms with Crippen molar-refractivity contribution in [3.8, 4) is 33.4 Å². The van der Waals surface area contributed by atoms with Crippen molar-refractivity contribution in [3.63, 3.8) is 0 Å².